The molecule has 1 aliphatic heterocycles. The predicted octanol–water partition coefficient (Wildman–Crippen LogP) is 8.50. The number of methoxy groups -OCH3 is 1. The largest absolute Gasteiger partial charge is 0.388 e. The van der Waals surface area contributed by atoms with E-state index in [0.29, 0.717) is 36.1 Å². The van der Waals surface area contributed by atoms with Crippen LogP contribution in [0.2, 0.25) is 0 Å². The molecule has 1 unspecified atom stereocenters. The van der Waals surface area contributed by atoms with Gasteiger partial charge >= 0.3 is 0 Å². The molecule has 0 radical (unpaired) electrons. The summed E-state index contributed by atoms with van der Waals surface area (Å²) in [5.41, 5.74) is 5.24. The molecule has 2 aliphatic rings. The Hall–Kier alpha value is -4.21. The number of nitrogens with one attached hydrogen (secondary N) is 1. The van der Waals surface area contributed by atoms with Crippen molar-refractivity contribution in [3.63, 3.8) is 0 Å². The molecule has 0 spiro atoms. The molecule has 3 heterocycles. The third-order valence-corrected chi connectivity index (χ3v) is 10.7. The van der Waals surface area contributed by atoms with Gasteiger partial charge in [-0.3, -0.25) is 9.59 Å². The minimum Gasteiger partial charge on any atom is -0.388 e. The van der Waals surface area contributed by atoms with E-state index < -0.39 is 6.04 Å². The Bertz CT molecular complexity index is 1680. The molecule has 1 N–H and O–H groups in total. The van der Waals surface area contributed by atoms with Crippen LogP contribution in [-0.2, 0) is 26.2 Å². The highest BCUT2D eigenvalue weighted by atomic mass is 32.1. The summed E-state index contributed by atoms with van der Waals surface area (Å²) in [5, 5.41) is 2.99. The fourth-order valence-electron chi connectivity index (χ4n) is 6.33. The Morgan fingerprint density at radius 3 is 2.02 bits per heavy atom. The molecule has 2 fully saturated rings. The van der Waals surface area contributed by atoms with Gasteiger partial charge in [0.1, 0.15) is 12.3 Å². The molecule has 9 heteroatoms. The number of benzene rings is 2. The van der Waals surface area contributed by atoms with Crippen molar-refractivity contribution >= 4 is 29.4 Å². The summed E-state index contributed by atoms with van der Waals surface area (Å²) in [7, 11) is 3.25. The average molecular weight is 711 g/mol. The molecule has 6 rings (SSSR count). The van der Waals surface area contributed by atoms with Gasteiger partial charge in [0.05, 0.1) is 4.88 Å². The Labute approximate surface area is 308 Å². The summed E-state index contributed by atoms with van der Waals surface area (Å²) in [4.78, 5) is 50.5. The molecular weight excluding hydrogens is 657 g/mol. The van der Waals surface area contributed by atoms with E-state index >= 15 is 0 Å². The molecule has 2 aromatic carbocycles. The van der Waals surface area contributed by atoms with Crippen molar-refractivity contribution in [2.75, 3.05) is 27.3 Å². The molecule has 1 saturated carbocycles. The quantitative estimate of drug-likeness (QED) is 0.175. The van der Waals surface area contributed by atoms with Crippen molar-refractivity contribution in [3.8, 4) is 22.5 Å². The third-order valence-electron chi connectivity index (χ3n) is 9.21. The molecule has 8 nitrogen and oxygen atoms in total. The van der Waals surface area contributed by atoms with Gasteiger partial charge in [-0.15, -0.1) is 11.3 Å². The molecule has 1 saturated heterocycles. The lowest BCUT2D eigenvalue weighted by Crippen LogP contribution is -2.57. The summed E-state index contributed by atoms with van der Waals surface area (Å²) in [5.74, 6) is 0.734. The highest BCUT2D eigenvalue weighted by Crippen LogP contribution is 2.34. The number of thiophene rings is 1. The maximum atomic E-state index is 13.4. The van der Waals surface area contributed by atoms with Gasteiger partial charge in [0.2, 0.25) is 5.91 Å². The smallest absolute Gasteiger partial charge is 0.262 e. The number of likely N-dealkylation sites (tertiary alicyclic amines) is 1. The first-order valence-electron chi connectivity index (χ1n) is 18.2. The third kappa shape index (κ3) is 10.7. The molecule has 2 aromatic heterocycles. The first-order chi connectivity index (χ1) is 24.6. The van der Waals surface area contributed by atoms with Crippen LogP contribution in [0.15, 0.2) is 73.1 Å². The number of ether oxygens (including phenoxy) is 1. The van der Waals surface area contributed by atoms with E-state index in [1.807, 2.05) is 62.6 Å². The van der Waals surface area contributed by atoms with Crippen molar-refractivity contribution in [3.05, 3.63) is 93.9 Å². The fourth-order valence-corrected chi connectivity index (χ4v) is 7.29. The number of hydrogen-bond donors (Lipinski definition) is 1. The number of nitrogens with zero attached hydrogens (tertiary/aromatic N) is 3. The highest BCUT2D eigenvalue weighted by molar-refractivity contribution is 7.14. The number of amides is 2. The first kappa shape index (κ1) is 39.6. The van der Waals surface area contributed by atoms with Gasteiger partial charge in [0.25, 0.3) is 5.91 Å². The standard InChI is InChI=1S/C38H42N4O3S.C2H6O.C2H6/c1-38(2,3)34-18-17-33(46-34)36(44)41-32(37(45)42-22-26(23-42)24-43)19-25-9-11-30(12-10-25)35-39-20-31(21-40-35)29-15-13-28(14-16-29)27-7-5-4-6-8-27;1-3-2;1-2/h9-18,20-21,24,26-27,32H,4-8,19,22-23H2,1-3H3,(H,41,44);1-2H3;1-2H3. The minimum absolute atomic E-state index is 0.0640. The van der Waals surface area contributed by atoms with Gasteiger partial charge in [0.15, 0.2) is 5.82 Å². The normalized spacial score (nSPS) is 15.3. The van der Waals surface area contributed by atoms with E-state index in [4.69, 9.17) is 0 Å². The Morgan fingerprint density at radius 2 is 1.47 bits per heavy atom. The van der Waals surface area contributed by atoms with E-state index in [-0.39, 0.29) is 23.1 Å². The van der Waals surface area contributed by atoms with Crippen LogP contribution in [0, 0.1) is 5.92 Å². The van der Waals surface area contributed by atoms with Crippen LogP contribution in [0.5, 0.6) is 0 Å². The number of aldehydes is 1. The molecular formula is C42H54N4O4S. The summed E-state index contributed by atoms with van der Waals surface area (Å²) >= 11 is 1.45. The van der Waals surface area contributed by atoms with E-state index in [1.54, 1.807) is 19.1 Å². The van der Waals surface area contributed by atoms with E-state index in [1.165, 1.54) is 49.0 Å². The van der Waals surface area contributed by atoms with Crippen LogP contribution < -0.4 is 5.32 Å². The van der Waals surface area contributed by atoms with Gasteiger partial charge in [-0.1, -0.05) is 102 Å². The molecule has 51 heavy (non-hydrogen) atoms. The molecule has 0 bridgehead atoms. The van der Waals surface area contributed by atoms with Crippen molar-refractivity contribution < 1.29 is 19.1 Å². The summed E-state index contributed by atoms with van der Waals surface area (Å²) in [6.45, 7) is 11.1. The van der Waals surface area contributed by atoms with Crippen LogP contribution in [0.4, 0.5) is 0 Å². The number of carbonyl (C=O) groups is 3. The second-order valence-electron chi connectivity index (χ2n) is 14.1. The Balaban J connectivity index is 0.00000111. The van der Waals surface area contributed by atoms with Crippen LogP contribution in [0.25, 0.3) is 22.5 Å². The van der Waals surface area contributed by atoms with Crippen molar-refractivity contribution in [2.24, 2.45) is 5.92 Å². The van der Waals surface area contributed by atoms with Gasteiger partial charge in [-0.05, 0) is 53.0 Å². The zero-order valence-corrected chi connectivity index (χ0v) is 32.1. The van der Waals surface area contributed by atoms with E-state index in [0.717, 1.165) is 33.4 Å². The lowest BCUT2D eigenvalue weighted by Gasteiger charge is -2.38. The zero-order valence-electron chi connectivity index (χ0n) is 31.3. The van der Waals surface area contributed by atoms with Gasteiger partial charge < -0.3 is 19.7 Å². The average Bonchev–Trinajstić information content (AvgIpc) is 3.65. The van der Waals surface area contributed by atoms with Crippen LogP contribution in [0.1, 0.15) is 98.3 Å². The Kier molecular flexibility index (Phi) is 14.6. The highest BCUT2D eigenvalue weighted by Gasteiger charge is 2.35. The Morgan fingerprint density at radius 1 is 0.882 bits per heavy atom. The molecule has 2 amide bonds. The minimum atomic E-state index is -0.744. The fraction of sp³-hybridized carbons (Fsp3) is 0.452. The van der Waals surface area contributed by atoms with E-state index in [2.05, 4.69) is 65.1 Å². The van der Waals surface area contributed by atoms with Crippen molar-refractivity contribution in [1.29, 1.82) is 0 Å². The predicted molar refractivity (Wildman–Crippen MR) is 207 cm³/mol. The van der Waals surface area contributed by atoms with Crippen molar-refractivity contribution in [1.82, 2.24) is 20.2 Å². The summed E-state index contributed by atoms with van der Waals surface area (Å²) in [6, 6.07) is 19.7. The second kappa shape index (κ2) is 18.9. The van der Waals surface area contributed by atoms with E-state index in [9.17, 15) is 14.4 Å². The number of carbonyl (C=O) groups excluding carboxylic acids is 3. The number of hydrogen-bond acceptors (Lipinski definition) is 7. The van der Waals surface area contributed by atoms with Crippen LogP contribution in [0.3, 0.4) is 0 Å². The topological polar surface area (TPSA) is 101 Å². The number of rotatable bonds is 9. The second-order valence-corrected chi connectivity index (χ2v) is 15.2. The summed E-state index contributed by atoms with van der Waals surface area (Å²) < 4.78 is 4.25. The van der Waals surface area contributed by atoms with Crippen LogP contribution in [-0.4, -0.2) is 66.3 Å². The monoisotopic (exact) mass is 710 g/mol. The maximum Gasteiger partial charge on any atom is 0.262 e. The lowest BCUT2D eigenvalue weighted by molar-refractivity contribution is -0.141. The zero-order chi connectivity index (χ0) is 37.0. The molecule has 4 aromatic rings. The van der Waals surface area contributed by atoms with Crippen molar-refractivity contribution in [2.45, 2.75) is 90.5 Å². The summed E-state index contributed by atoms with van der Waals surface area (Å²) in [6.07, 6.45) is 11.5. The molecule has 272 valence electrons. The van der Waals surface area contributed by atoms with Gasteiger partial charge in [-0.2, -0.15) is 0 Å². The molecule has 1 atom stereocenters. The SMILES string of the molecule is CC.CC(C)(C)c1ccc(C(=O)NC(Cc2ccc(-c3ncc(-c4ccc(C5CCCCC5)cc4)cn3)cc2)C(=O)N2CC(C=O)C2)s1.COC. The maximum absolute atomic E-state index is 13.4. The molecule has 1 aliphatic carbocycles. The lowest BCUT2D eigenvalue weighted by atomic mass is 9.84. The van der Waals surface area contributed by atoms with Gasteiger partial charge in [-0.25, -0.2) is 9.97 Å². The van der Waals surface area contributed by atoms with Crippen LogP contribution >= 0.6 is 11.3 Å². The first-order valence-corrected chi connectivity index (χ1v) is 19.0. The number of aromatic nitrogens is 2. The van der Waals surface area contributed by atoms with Gasteiger partial charge in [0, 0.05) is 68.0 Å².